The number of carboxylic acid groups (broad SMARTS) is 1. The van der Waals surface area contributed by atoms with Crippen molar-refractivity contribution in [2.24, 2.45) is 0 Å². The molecule has 1 fully saturated rings. The van der Waals surface area contributed by atoms with Gasteiger partial charge in [0, 0.05) is 12.5 Å². The molecule has 1 amide bonds. The largest absolute Gasteiger partial charge is 0.478 e. The lowest BCUT2D eigenvalue weighted by Crippen LogP contribution is -2.23. The van der Waals surface area contributed by atoms with Crippen molar-refractivity contribution in [2.45, 2.75) is 25.3 Å². The second-order valence-corrected chi connectivity index (χ2v) is 5.07. The number of carboxylic acids is 1. The fraction of sp³-hybridized carbons (Fsp3) is 0.267. The predicted octanol–water partition coefficient (Wildman–Crippen LogP) is 2.18. The topological polar surface area (TPSA) is 92.4 Å². The number of hydrogen-bond donors (Lipinski definition) is 2. The molecule has 0 atom stereocenters. The Morgan fingerprint density at radius 2 is 2.00 bits per heavy atom. The fourth-order valence-electron chi connectivity index (χ4n) is 2.11. The summed E-state index contributed by atoms with van der Waals surface area (Å²) in [4.78, 5) is 22.9. The van der Waals surface area contributed by atoms with Gasteiger partial charge in [0.1, 0.15) is 11.8 Å². The lowest BCUT2D eigenvalue weighted by atomic mass is 10.1. The molecule has 108 valence electrons. The molecule has 2 aromatic rings. The Morgan fingerprint density at radius 3 is 2.62 bits per heavy atom. The molecule has 2 N–H and O–H groups in total. The summed E-state index contributed by atoms with van der Waals surface area (Å²) in [5.41, 5.74) is 2.27. The summed E-state index contributed by atoms with van der Waals surface area (Å²) in [7, 11) is 0. The van der Waals surface area contributed by atoms with Gasteiger partial charge in [-0.05, 0) is 30.5 Å². The third-order valence-electron chi connectivity index (χ3n) is 3.46. The molecule has 6 nitrogen and oxygen atoms in total. The van der Waals surface area contributed by atoms with Crippen LogP contribution in [-0.4, -0.2) is 22.1 Å². The van der Waals surface area contributed by atoms with Crippen molar-refractivity contribution in [1.29, 1.82) is 0 Å². The molecule has 0 aliphatic heterocycles. The molecule has 1 aliphatic carbocycles. The normalized spacial score (nSPS) is 13.9. The van der Waals surface area contributed by atoms with Gasteiger partial charge >= 0.3 is 5.97 Å². The van der Waals surface area contributed by atoms with Crippen LogP contribution in [0.2, 0.25) is 0 Å². The van der Waals surface area contributed by atoms with E-state index < -0.39 is 5.97 Å². The second kappa shape index (κ2) is 5.40. The number of rotatable bonds is 5. The fourth-order valence-corrected chi connectivity index (χ4v) is 2.11. The highest BCUT2D eigenvalue weighted by Crippen LogP contribution is 2.40. The smallest absolute Gasteiger partial charge is 0.335 e. The highest BCUT2D eigenvalue weighted by Gasteiger charge is 2.31. The maximum atomic E-state index is 12.1. The second-order valence-electron chi connectivity index (χ2n) is 5.07. The van der Waals surface area contributed by atoms with Crippen LogP contribution in [-0.2, 0) is 6.54 Å². The van der Waals surface area contributed by atoms with Gasteiger partial charge in [0.15, 0.2) is 0 Å². The Balaban J connectivity index is 1.62. The highest BCUT2D eigenvalue weighted by molar-refractivity contribution is 5.95. The molecule has 0 radical (unpaired) electrons. The summed E-state index contributed by atoms with van der Waals surface area (Å²) in [6.07, 6.45) is 3.46. The molecule has 21 heavy (non-hydrogen) atoms. The third kappa shape index (κ3) is 2.94. The van der Waals surface area contributed by atoms with Gasteiger partial charge in [0.2, 0.25) is 0 Å². The van der Waals surface area contributed by atoms with Crippen molar-refractivity contribution in [2.75, 3.05) is 0 Å². The SMILES string of the molecule is O=C(O)c1ccc(CNC(=O)c2conc2C2CC2)cc1. The van der Waals surface area contributed by atoms with Crippen molar-refractivity contribution >= 4 is 11.9 Å². The van der Waals surface area contributed by atoms with Gasteiger partial charge in [-0.1, -0.05) is 17.3 Å². The average Bonchev–Trinajstić information content (AvgIpc) is 3.22. The molecule has 1 saturated carbocycles. The number of aromatic nitrogens is 1. The summed E-state index contributed by atoms with van der Waals surface area (Å²) < 4.78 is 4.89. The number of nitrogens with zero attached hydrogens (tertiary/aromatic N) is 1. The summed E-state index contributed by atoms with van der Waals surface area (Å²) in [6, 6.07) is 6.38. The molecular weight excluding hydrogens is 272 g/mol. The van der Waals surface area contributed by atoms with Crippen molar-refractivity contribution in [1.82, 2.24) is 10.5 Å². The van der Waals surface area contributed by atoms with E-state index in [1.165, 1.54) is 18.4 Å². The molecule has 3 rings (SSSR count). The minimum atomic E-state index is -0.968. The van der Waals surface area contributed by atoms with E-state index >= 15 is 0 Å². The number of carbonyl (C=O) groups excluding carboxylic acids is 1. The first-order valence-electron chi connectivity index (χ1n) is 6.70. The predicted molar refractivity (Wildman–Crippen MR) is 73.0 cm³/mol. The van der Waals surface area contributed by atoms with E-state index in [-0.39, 0.29) is 11.5 Å². The van der Waals surface area contributed by atoms with Crippen LogP contribution in [0.4, 0.5) is 0 Å². The first kappa shape index (κ1) is 13.4. The summed E-state index contributed by atoms with van der Waals surface area (Å²) in [5, 5.41) is 15.5. The maximum absolute atomic E-state index is 12.1. The average molecular weight is 286 g/mol. The third-order valence-corrected chi connectivity index (χ3v) is 3.46. The monoisotopic (exact) mass is 286 g/mol. The van der Waals surface area contributed by atoms with Crippen molar-refractivity contribution in [3.63, 3.8) is 0 Å². The van der Waals surface area contributed by atoms with E-state index in [0.29, 0.717) is 18.0 Å². The van der Waals surface area contributed by atoms with Crippen LogP contribution in [0.25, 0.3) is 0 Å². The zero-order valence-corrected chi connectivity index (χ0v) is 11.2. The zero-order valence-electron chi connectivity index (χ0n) is 11.2. The van der Waals surface area contributed by atoms with Crippen LogP contribution in [0, 0.1) is 0 Å². The van der Waals surface area contributed by atoms with Gasteiger partial charge in [0.25, 0.3) is 5.91 Å². The van der Waals surface area contributed by atoms with Crippen molar-refractivity contribution in [3.8, 4) is 0 Å². The minimum absolute atomic E-state index is 0.222. The minimum Gasteiger partial charge on any atom is -0.478 e. The molecule has 0 bridgehead atoms. The van der Waals surface area contributed by atoms with Crippen molar-refractivity contribution < 1.29 is 19.2 Å². The Bertz CT molecular complexity index is 671. The molecule has 0 saturated heterocycles. The highest BCUT2D eigenvalue weighted by atomic mass is 16.5. The molecule has 1 aromatic heterocycles. The number of carbonyl (C=O) groups is 2. The van der Waals surface area contributed by atoms with Crippen LogP contribution in [0.5, 0.6) is 0 Å². The van der Waals surface area contributed by atoms with Gasteiger partial charge in [-0.25, -0.2) is 4.79 Å². The van der Waals surface area contributed by atoms with E-state index in [0.717, 1.165) is 24.1 Å². The van der Waals surface area contributed by atoms with Crippen LogP contribution in [0.1, 0.15) is 50.7 Å². The molecule has 0 unspecified atom stereocenters. The quantitative estimate of drug-likeness (QED) is 0.878. The number of nitrogens with one attached hydrogen (secondary N) is 1. The van der Waals surface area contributed by atoms with Gasteiger partial charge in [-0.2, -0.15) is 0 Å². The molecule has 1 heterocycles. The molecule has 1 aliphatic rings. The first-order valence-corrected chi connectivity index (χ1v) is 6.70. The summed E-state index contributed by atoms with van der Waals surface area (Å²) in [6.45, 7) is 0.327. The standard InChI is InChI=1S/C15H14N2O4/c18-14(12-8-21-17-13(12)10-5-6-10)16-7-9-1-3-11(4-2-9)15(19)20/h1-4,8,10H,5-7H2,(H,16,18)(H,19,20). The Kier molecular flexibility index (Phi) is 3.43. The number of hydrogen-bond acceptors (Lipinski definition) is 4. The number of aromatic carboxylic acids is 1. The zero-order chi connectivity index (χ0) is 14.8. The summed E-state index contributed by atoms with van der Waals surface area (Å²) >= 11 is 0. The maximum Gasteiger partial charge on any atom is 0.335 e. The van der Waals surface area contributed by atoms with E-state index in [1.54, 1.807) is 12.1 Å². The van der Waals surface area contributed by atoms with E-state index in [9.17, 15) is 9.59 Å². The number of amides is 1. The first-order chi connectivity index (χ1) is 10.1. The Labute approximate surface area is 120 Å². The Morgan fingerprint density at radius 1 is 1.29 bits per heavy atom. The Hall–Kier alpha value is -2.63. The van der Waals surface area contributed by atoms with E-state index in [4.69, 9.17) is 9.63 Å². The molecule has 6 heteroatoms. The van der Waals surface area contributed by atoms with Gasteiger partial charge in [-0.3, -0.25) is 4.79 Å². The van der Waals surface area contributed by atoms with Crippen LogP contribution in [0.15, 0.2) is 35.1 Å². The number of benzene rings is 1. The molecule has 1 aromatic carbocycles. The molecular formula is C15H14N2O4. The van der Waals surface area contributed by atoms with Crippen molar-refractivity contribution in [3.05, 3.63) is 52.9 Å². The van der Waals surface area contributed by atoms with Gasteiger partial charge in [0.05, 0.1) is 11.3 Å². The van der Waals surface area contributed by atoms with Crippen LogP contribution < -0.4 is 5.32 Å². The lowest BCUT2D eigenvalue weighted by Gasteiger charge is -2.05. The van der Waals surface area contributed by atoms with Crippen LogP contribution >= 0.6 is 0 Å². The summed E-state index contributed by atoms with van der Waals surface area (Å²) in [5.74, 6) is -0.844. The van der Waals surface area contributed by atoms with E-state index in [1.807, 2.05) is 0 Å². The lowest BCUT2D eigenvalue weighted by molar-refractivity contribution is 0.0696. The van der Waals surface area contributed by atoms with E-state index in [2.05, 4.69) is 10.5 Å². The van der Waals surface area contributed by atoms with Crippen LogP contribution in [0.3, 0.4) is 0 Å². The molecule has 0 spiro atoms. The van der Waals surface area contributed by atoms with Gasteiger partial charge in [-0.15, -0.1) is 0 Å². The van der Waals surface area contributed by atoms with Gasteiger partial charge < -0.3 is 14.9 Å².